The fourth-order valence-corrected chi connectivity index (χ4v) is 4.17. The maximum atomic E-state index is 11.7. The van der Waals surface area contributed by atoms with Crippen LogP contribution in [0.4, 0.5) is 11.5 Å². The topological polar surface area (TPSA) is 68.5 Å². The monoisotopic (exact) mass is 514 g/mol. The molecule has 176 valence electrons. The van der Waals surface area contributed by atoms with Crippen LogP contribution in [0.15, 0.2) is 65.6 Å². The fourth-order valence-electron chi connectivity index (χ4n) is 3.37. The summed E-state index contributed by atoms with van der Waals surface area (Å²) in [7, 11) is 0.526. The molecule has 0 saturated heterocycles. The quantitative estimate of drug-likeness (QED) is 0.283. The summed E-state index contributed by atoms with van der Waals surface area (Å²) in [6.45, 7) is 7.86. The first-order valence-corrected chi connectivity index (χ1v) is 11.6. The Labute approximate surface area is 213 Å². The molecule has 0 bridgehead atoms. The van der Waals surface area contributed by atoms with E-state index in [2.05, 4.69) is 20.4 Å². The normalized spacial score (nSPS) is 11.0. The van der Waals surface area contributed by atoms with E-state index in [4.69, 9.17) is 22.9 Å². The summed E-state index contributed by atoms with van der Waals surface area (Å²) in [4.78, 5) is 4.30. The molecule has 3 aromatic carbocycles. The number of methoxy groups -OCH3 is 1. The van der Waals surface area contributed by atoms with E-state index in [1.165, 1.54) is 0 Å². The maximum Gasteiger partial charge on any atom is 0.188 e. The zero-order valence-corrected chi connectivity index (χ0v) is 20.2. The smallest absolute Gasteiger partial charge is 0.188 e. The van der Waals surface area contributed by atoms with Gasteiger partial charge in [-0.3, -0.25) is 4.21 Å². The molecule has 1 N–H and O–H groups in total. The predicted octanol–water partition coefficient (Wildman–Crippen LogP) is 6.92. The first-order chi connectivity index (χ1) is 15.5. The number of hydrogen-bond acceptors (Lipinski definition) is 5. The van der Waals surface area contributed by atoms with Gasteiger partial charge < -0.3 is 10.1 Å². The number of hydrogen-bond donors (Lipinski definition) is 1. The Morgan fingerprint density at radius 1 is 1.06 bits per heavy atom. The van der Waals surface area contributed by atoms with Gasteiger partial charge in [-0.05, 0) is 35.9 Å². The van der Waals surface area contributed by atoms with Gasteiger partial charge in [0.2, 0.25) is 0 Å². The lowest BCUT2D eigenvalue weighted by Crippen LogP contribution is -2.04. The number of fused-ring (bicyclic) bond motifs is 1. The van der Waals surface area contributed by atoms with E-state index in [0.717, 1.165) is 26.8 Å². The Kier molecular flexibility index (Phi) is 9.39. The molecule has 0 spiro atoms. The minimum atomic E-state index is -1.05. The lowest BCUT2D eigenvalue weighted by molar-refractivity contribution is 0.415. The van der Waals surface area contributed by atoms with E-state index >= 15 is 0 Å². The Morgan fingerprint density at radius 3 is 2.41 bits per heavy atom. The summed E-state index contributed by atoms with van der Waals surface area (Å²) in [6.07, 6.45) is 1.65. The fraction of sp³-hybridized carbons (Fsp3) is 0.160. The maximum absolute atomic E-state index is 11.7. The molecule has 0 aliphatic heterocycles. The first-order valence-electron chi connectivity index (χ1n) is 9.68. The summed E-state index contributed by atoms with van der Waals surface area (Å²) in [5.41, 5.74) is 3.03. The van der Waals surface area contributed by atoms with Gasteiger partial charge in [0.25, 0.3) is 0 Å². The molecule has 0 amide bonds. The average Bonchev–Trinajstić information content (AvgIpc) is 2.82. The summed E-state index contributed by atoms with van der Waals surface area (Å²) < 4.78 is 16.9. The average molecular weight is 515 g/mol. The second-order valence-corrected chi connectivity index (χ2v) is 8.83. The van der Waals surface area contributed by atoms with Crippen molar-refractivity contribution >= 4 is 57.1 Å². The molecule has 0 aliphatic rings. The van der Waals surface area contributed by atoms with Gasteiger partial charge in [-0.2, -0.15) is 0 Å². The molecular formula is C25H24Cl2N4O2S. The van der Waals surface area contributed by atoms with Crippen molar-refractivity contribution in [1.29, 1.82) is 0 Å². The van der Waals surface area contributed by atoms with E-state index in [1.807, 2.05) is 48.5 Å². The second-order valence-electron chi connectivity index (χ2n) is 7.04. The minimum Gasteiger partial charge on any atom is -0.495 e. The predicted molar refractivity (Wildman–Crippen MR) is 143 cm³/mol. The van der Waals surface area contributed by atoms with Gasteiger partial charge in [0, 0.05) is 44.8 Å². The molecule has 6 nitrogen and oxygen atoms in total. The summed E-state index contributed by atoms with van der Waals surface area (Å²) in [6, 6.07) is 18.4. The minimum absolute atomic E-state index is 0. The Bertz CT molecular complexity index is 1370. The van der Waals surface area contributed by atoms with Crippen LogP contribution < -0.4 is 10.1 Å². The van der Waals surface area contributed by atoms with Crippen LogP contribution in [0.1, 0.15) is 13.0 Å². The Morgan fingerprint density at radius 2 is 1.79 bits per heavy atom. The highest BCUT2D eigenvalue weighted by Gasteiger charge is 2.13. The molecule has 4 aromatic rings. The van der Waals surface area contributed by atoms with E-state index in [1.54, 1.807) is 25.5 Å². The Balaban J connectivity index is 0.00000204. The highest BCUT2D eigenvalue weighted by atomic mass is 35.5. The number of aromatic nitrogens is 2. The summed E-state index contributed by atoms with van der Waals surface area (Å²) in [5.74, 6) is 1.19. The van der Waals surface area contributed by atoms with Gasteiger partial charge in [0.1, 0.15) is 11.4 Å². The van der Waals surface area contributed by atoms with Crippen LogP contribution in [0.2, 0.25) is 5.02 Å². The van der Waals surface area contributed by atoms with Crippen LogP contribution in [-0.4, -0.2) is 27.8 Å². The van der Waals surface area contributed by atoms with Crippen molar-refractivity contribution in [3.05, 3.63) is 82.7 Å². The third-order valence-electron chi connectivity index (χ3n) is 5.03. The third kappa shape index (κ3) is 5.65. The van der Waals surface area contributed by atoms with E-state index in [0.29, 0.717) is 34.5 Å². The SMILES string of the molecule is C.Cl.[C-]#[N+]c1ccc2c(-c3ccc(S(C)=O)cc3)nnc(NCc3ccc(OC)c(Cl)c3)c2c1. The molecular weight excluding hydrogens is 491 g/mol. The number of rotatable bonds is 6. The largest absolute Gasteiger partial charge is 0.495 e. The van der Waals surface area contributed by atoms with Crippen LogP contribution in [0.5, 0.6) is 5.75 Å². The highest BCUT2D eigenvalue weighted by Crippen LogP contribution is 2.33. The Hall–Kier alpha value is -3.18. The van der Waals surface area contributed by atoms with Crippen molar-refractivity contribution in [2.45, 2.75) is 18.9 Å². The van der Waals surface area contributed by atoms with Crippen LogP contribution in [0, 0.1) is 6.57 Å². The number of nitrogens with zero attached hydrogens (tertiary/aromatic N) is 3. The van der Waals surface area contributed by atoms with Crippen molar-refractivity contribution in [2.24, 2.45) is 0 Å². The van der Waals surface area contributed by atoms with Gasteiger partial charge in [0.15, 0.2) is 11.5 Å². The standard InChI is InChI=1S/C24H19ClN4O2S.CH4.ClH/c1-26-17-7-10-19-20(13-17)24(27-14-15-4-11-22(31-2)21(25)12-15)29-28-23(19)16-5-8-18(9-6-16)32(3)30;;/h4-13H,14H2,2-3H3,(H,27,29);1H4;1H. The summed E-state index contributed by atoms with van der Waals surface area (Å²) >= 11 is 6.23. The molecule has 0 aliphatic carbocycles. The molecule has 4 rings (SSSR count). The molecule has 0 radical (unpaired) electrons. The molecule has 34 heavy (non-hydrogen) atoms. The third-order valence-corrected chi connectivity index (χ3v) is 6.26. The van der Waals surface area contributed by atoms with Crippen molar-refractivity contribution in [2.75, 3.05) is 18.7 Å². The van der Waals surface area contributed by atoms with Crippen LogP contribution >= 0.6 is 24.0 Å². The molecule has 1 unspecified atom stereocenters. The van der Waals surface area contributed by atoms with Gasteiger partial charge in [-0.1, -0.05) is 49.4 Å². The van der Waals surface area contributed by atoms with Gasteiger partial charge >= 0.3 is 0 Å². The number of halogens is 2. The zero-order chi connectivity index (χ0) is 22.7. The second kappa shape index (κ2) is 11.8. The number of ether oxygens (including phenoxy) is 1. The number of benzene rings is 3. The van der Waals surface area contributed by atoms with E-state index in [-0.39, 0.29) is 19.8 Å². The van der Waals surface area contributed by atoms with Crippen LogP contribution in [-0.2, 0) is 17.3 Å². The van der Waals surface area contributed by atoms with Crippen LogP contribution in [0.3, 0.4) is 0 Å². The molecule has 1 aromatic heterocycles. The van der Waals surface area contributed by atoms with Gasteiger partial charge in [0.05, 0.1) is 18.7 Å². The molecule has 0 saturated carbocycles. The van der Waals surface area contributed by atoms with Crippen molar-refractivity contribution in [3.63, 3.8) is 0 Å². The highest BCUT2D eigenvalue weighted by molar-refractivity contribution is 7.84. The molecule has 1 atom stereocenters. The van der Waals surface area contributed by atoms with E-state index in [9.17, 15) is 4.21 Å². The van der Waals surface area contributed by atoms with Crippen molar-refractivity contribution in [3.8, 4) is 17.0 Å². The van der Waals surface area contributed by atoms with Crippen molar-refractivity contribution < 1.29 is 8.95 Å². The first kappa shape index (κ1) is 27.1. The number of nitrogens with one attached hydrogen (secondary N) is 1. The number of anilines is 1. The lowest BCUT2D eigenvalue weighted by Gasteiger charge is -2.13. The molecule has 0 fully saturated rings. The van der Waals surface area contributed by atoms with Gasteiger partial charge in [-0.15, -0.1) is 22.6 Å². The molecule has 9 heteroatoms. The lowest BCUT2D eigenvalue weighted by atomic mass is 10.0. The van der Waals surface area contributed by atoms with Gasteiger partial charge in [-0.25, -0.2) is 4.85 Å². The van der Waals surface area contributed by atoms with Crippen LogP contribution in [0.25, 0.3) is 26.9 Å². The van der Waals surface area contributed by atoms with E-state index < -0.39 is 10.8 Å². The summed E-state index contributed by atoms with van der Waals surface area (Å²) in [5, 5.41) is 14.4. The zero-order valence-electron chi connectivity index (χ0n) is 17.8. The van der Waals surface area contributed by atoms with Crippen molar-refractivity contribution in [1.82, 2.24) is 10.2 Å². The molecule has 1 heterocycles.